The van der Waals surface area contributed by atoms with E-state index in [1.165, 1.54) is 11.1 Å². The quantitative estimate of drug-likeness (QED) is 0.541. The Morgan fingerprint density at radius 1 is 1.60 bits per heavy atom. The van der Waals surface area contributed by atoms with Gasteiger partial charge in [0, 0.05) is 6.54 Å². The molecule has 8 heteroatoms. The fourth-order valence-corrected chi connectivity index (χ4v) is 1.35. The molecule has 1 fully saturated rings. The van der Waals surface area contributed by atoms with Crippen molar-refractivity contribution in [1.82, 2.24) is 30.8 Å². The van der Waals surface area contributed by atoms with E-state index in [-0.39, 0.29) is 18.2 Å². The van der Waals surface area contributed by atoms with Crippen molar-refractivity contribution in [2.75, 3.05) is 6.54 Å². The molecule has 0 saturated carbocycles. The number of carbonyl (C=O) groups is 2. The molecule has 0 aliphatic carbocycles. The Morgan fingerprint density at radius 2 is 2.47 bits per heavy atom. The molecule has 1 aromatic rings. The van der Waals surface area contributed by atoms with Crippen molar-refractivity contribution in [2.24, 2.45) is 0 Å². The van der Waals surface area contributed by atoms with Gasteiger partial charge < -0.3 is 5.32 Å². The lowest BCUT2D eigenvalue weighted by molar-refractivity contribution is -0.125. The summed E-state index contributed by atoms with van der Waals surface area (Å²) in [6.07, 6.45) is 1.54. The summed E-state index contributed by atoms with van der Waals surface area (Å²) in [5, 5.41) is 16.2. The molecule has 1 aromatic heterocycles. The normalized spacial score (nSPS) is 20.7. The fraction of sp³-hybridized carbons (Fsp3) is 0.571. The highest BCUT2D eigenvalue weighted by atomic mass is 16.2. The van der Waals surface area contributed by atoms with Crippen molar-refractivity contribution in [1.29, 1.82) is 0 Å². The molecule has 0 unspecified atom stereocenters. The van der Waals surface area contributed by atoms with E-state index in [2.05, 4.69) is 26.0 Å². The lowest BCUT2D eigenvalue weighted by Gasteiger charge is -2.07. The third-order valence-electron chi connectivity index (χ3n) is 2.06. The molecule has 80 valence electrons. The van der Waals surface area contributed by atoms with Gasteiger partial charge in [0.25, 0.3) is 0 Å². The van der Waals surface area contributed by atoms with Crippen LogP contribution in [-0.2, 0) is 16.1 Å². The first kappa shape index (κ1) is 9.71. The Balaban J connectivity index is 1.74. The minimum atomic E-state index is -0.430. The van der Waals surface area contributed by atoms with Crippen LogP contribution < -0.4 is 10.6 Å². The number of carbonyl (C=O) groups excluding carboxylic acids is 2. The first-order chi connectivity index (χ1) is 7.25. The summed E-state index contributed by atoms with van der Waals surface area (Å²) in [7, 11) is 0. The zero-order valence-corrected chi connectivity index (χ0v) is 7.88. The molecule has 0 radical (unpaired) electrons. The lowest BCUT2D eigenvalue weighted by Crippen LogP contribution is -2.38. The average Bonchev–Trinajstić information content (AvgIpc) is 2.77. The molecule has 0 spiro atoms. The van der Waals surface area contributed by atoms with Crippen LogP contribution in [-0.4, -0.2) is 44.6 Å². The molecular weight excluding hydrogens is 200 g/mol. The summed E-state index contributed by atoms with van der Waals surface area (Å²) >= 11 is 0. The fourth-order valence-electron chi connectivity index (χ4n) is 1.35. The van der Waals surface area contributed by atoms with Crippen LogP contribution in [0.25, 0.3) is 0 Å². The summed E-state index contributed by atoms with van der Waals surface area (Å²) in [5.41, 5.74) is 0. The largest absolute Gasteiger partial charge is 0.304 e. The average molecular weight is 210 g/mol. The van der Waals surface area contributed by atoms with Crippen LogP contribution in [0.4, 0.5) is 0 Å². The Hall–Kier alpha value is -1.83. The molecule has 0 bridgehead atoms. The van der Waals surface area contributed by atoms with Gasteiger partial charge in [-0.25, -0.2) is 0 Å². The monoisotopic (exact) mass is 210 g/mol. The summed E-state index contributed by atoms with van der Waals surface area (Å²) in [5.74, 6) is -0.511. The van der Waals surface area contributed by atoms with Gasteiger partial charge in [0.1, 0.15) is 0 Å². The number of nitrogens with one attached hydrogen (secondary N) is 2. The van der Waals surface area contributed by atoms with Crippen LogP contribution in [0.2, 0.25) is 0 Å². The zero-order chi connectivity index (χ0) is 10.7. The molecule has 2 N–H and O–H groups in total. The van der Waals surface area contributed by atoms with E-state index in [1.54, 1.807) is 0 Å². The highest BCUT2D eigenvalue weighted by molar-refractivity contribution is 6.05. The van der Waals surface area contributed by atoms with Gasteiger partial charge in [-0.1, -0.05) is 0 Å². The van der Waals surface area contributed by atoms with Gasteiger partial charge in [0.15, 0.2) is 6.33 Å². The van der Waals surface area contributed by atoms with Crippen LogP contribution in [0.15, 0.2) is 6.33 Å². The molecule has 2 amide bonds. The Morgan fingerprint density at radius 3 is 3.07 bits per heavy atom. The van der Waals surface area contributed by atoms with Crippen molar-refractivity contribution in [3.63, 3.8) is 0 Å². The standard InChI is InChI=1S/C7H10N6O2/c14-6-3-5(7(15)11-6)8-1-2-13-10-4-9-12-13/h4-5,8H,1-3H2,(H,11,14,15)/t5-/m0/s1. The second kappa shape index (κ2) is 4.13. The number of aromatic nitrogens is 4. The van der Waals surface area contributed by atoms with Crippen LogP contribution >= 0.6 is 0 Å². The molecule has 1 saturated heterocycles. The van der Waals surface area contributed by atoms with Crippen molar-refractivity contribution >= 4 is 11.8 Å². The molecule has 15 heavy (non-hydrogen) atoms. The highest BCUT2D eigenvalue weighted by Crippen LogP contribution is 2.00. The molecule has 0 aromatic carbocycles. The summed E-state index contributed by atoms with van der Waals surface area (Å²) < 4.78 is 0. The van der Waals surface area contributed by atoms with Gasteiger partial charge in [0.2, 0.25) is 11.8 Å². The van der Waals surface area contributed by atoms with E-state index in [9.17, 15) is 9.59 Å². The topological polar surface area (TPSA) is 102 Å². The van der Waals surface area contributed by atoms with Crippen LogP contribution in [0.5, 0.6) is 0 Å². The van der Waals surface area contributed by atoms with E-state index in [0.717, 1.165) is 0 Å². The van der Waals surface area contributed by atoms with Crippen molar-refractivity contribution in [3.8, 4) is 0 Å². The maximum absolute atomic E-state index is 11.1. The van der Waals surface area contributed by atoms with Crippen LogP contribution in [0.3, 0.4) is 0 Å². The predicted octanol–water partition coefficient (Wildman–Crippen LogP) is -2.32. The van der Waals surface area contributed by atoms with E-state index in [0.29, 0.717) is 13.1 Å². The predicted molar refractivity (Wildman–Crippen MR) is 47.4 cm³/mol. The Labute approximate surface area is 85.0 Å². The van der Waals surface area contributed by atoms with Crippen molar-refractivity contribution < 1.29 is 9.59 Å². The van der Waals surface area contributed by atoms with Gasteiger partial charge >= 0.3 is 0 Å². The second-order valence-corrected chi connectivity index (χ2v) is 3.16. The summed E-state index contributed by atoms with van der Waals surface area (Å²) in [6.45, 7) is 1.03. The third-order valence-corrected chi connectivity index (χ3v) is 2.06. The molecular formula is C7H10N6O2. The van der Waals surface area contributed by atoms with Gasteiger partial charge in [0.05, 0.1) is 19.0 Å². The second-order valence-electron chi connectivity index (χ2n) is 3.16. The first-order valence-electron chi connectivity index (χ1n) is 4.53. The number of hydrogen-bond donors (Lipinski definition) is 2. The van der Waals surface area contributed by atoms with E-state index >= 15 is 0 Å². The summed E-state index contributed by atoms with van der Waals surface area (Å²) in [4.78, 5) is 23.4. The SMILES string of the molecule is O=C1C[C@H](NCCn2ncnn2)C(=O)N1. The molecule has 1 aliphatic rings. The minimum absolute atomic E-state index is 0.198. The van der Waals surface area contributed by atoms with E-state index in [4.69, 9.17) is 0 Å². The van der Waals surface area contributed by atoms with Crippen LogP contribution in [0.1, 0.15) is 6.42 Å². The highest BCUT2D eigenvalue weighted by Gasteiger charge is 2.29. The molecule has 1 aliphatic heterocycles. The number of imide groups is 1. The smallest absolute Gasteiger partial charge is 0.244 e. The van der Waals surface area contributed by atoms with Gasteiger partial charge in [-0.05, 0) is 5.21 Å². The maximum Gasteiger partial charge on any atom is 0.244 e. The van der Waals surface area contributed by atoms with Gasteiger partial charge in [-0.3, -0.25) is 14.9 Å². The Kier molecular flexibility index (Phi) is 2.68. The molecule has 2 rings (SSSR count). The number of amides is 2. The van der Waals surface area contributed by atoms with Gasteiger partial charge in [-0.2, -0.15) is 4.80 Å². The number of hydrogen-bond acceptors (Lipinski definition) is 6. The first-order valence-corrected chi connectivity index (χ1v) is 4.53. The summed E-state index contributed by atoms with van der Waals surface area (Å²) in [6, 6.07) is -0.430. The Bertz CT molecular complexity index is 362. The van der Waals surface area contributed by atoms with E-state index < -0.39 is 6.04 Å². The lowest BCUT2D eigenvalue weighted by atomic mass is 10.2. The van der Waals surface area contributed by atoms with Crippen LogP contribution in [0, 0.1) is 0 Å². The maximum atomic E-state index is 11.1. The molecule has 8 nitrogen and oxygen atoms in total. The van der Waals surface area contributed by atoms with Gasteiger partial charge in [-0.15, -0.1) is 10.2 Å². The minimum Gasteiger partial charge on any atom is -0.304 e. The van der Waals surface area contributed by atoms with Crippen molar-refractivity contribution in [3.05, 3.63) is 6.33 Å². The third kappa shape index (κ3) is 2.34. The number of rotatable bonds is 4. The molecule has 2 heterocycles. The zero-order valence-electron chi connectivity index (χ0n) is 7.88. The van der Waals surface area contributed by atoms with Crippen molar-refractivity contribution in [2.45, 2.75) is 19.0 Å². The van der Waals surface area contributed by atoms with E-state index in [1.807, 2.05) is 0 Å². The number of tetrazole rings is 1. The molecule has 1 atom stereocenters. The number of nitrogens with zero attached hydrogens (tertiary/aromatic N) is 4.